The van der Waals surface area contributed by atoms with Crippen molar-refractivity contribution in [1.29, 1.82) is 0 Å². The first kappa shape index (κ1) is 11.2. The van der Waals surface area contributed by atoms with Crippen LogP contribution in [-0.2, 0) is 10.8 Å². The molecule has 0 aliphatic rings. The molecule has 1 atom stereocenters. The molecule has 0 bridgehead atoms. The second-order valence-corrected chi connectivity index (χ2v) is 4.68. The minimum atomic E-state index is -0.926. The first-order valence-electron chi connectivity index (χ1n) is 4.45. The fraction of sp³-hybridized carbons (Fsp3) is 0.400. The smallest absolute Gasteiger partial charge is 0.147 e. The predicted octanol–water partition coefficient (Wildman–Crippen LogP) is 1.72. The quantitative estimate of drug-likeness (QED) is 0.774. The van der Waals surface area contributed by atoms with Crippen LogP contribution in [0.25, 0.3) is 0 Å². The molecule has 0 aliphatic heterocycles. The lowest BCUT2D eigenvalue weighted by atomic mass is 10.3. The molecule has 0 heterocycles. The minimum absolute atomic E-state index is 0.273. The molecule has 1 unspecified atom stereocenters. The van der Waals surface area contributed by atoms with E-state index in [0.29, 0.717) is 0 Å². The summed E-state index contributed by atoms with van der Waals surface area (Å²) in [6.45, 7) is 3.99. The lowest BCUT2D eigenvalue weighted by Gasteiger charge is -2.09. The Kier molecular flexibility index (Phi) is 4.10. The maximum Gasteiger partial charge on any atom is 0.147 e. The van der Waals surface area contributed by atoms with Crippen LogP contribution in [0.3, 0.4) is 0 Å². The normalized spacial score (nSPS) is 12.9. The van der Waals surface area contributed by atoms with E-state index in [4.69, 9.17) is 4.84 Å². The molecule has 0 saturated heterocycles. The van der Waals surface area contributed by atoms with E-state index >= 15 is 0 Å². The number of hydrogen-bond acceptors (Lipinski definition) is 3. The van der Waals surface area contributed by atoms with Crippen molar-refractivity contribution >= 4 is 10.8 Å². The molecule has 1 N–H and O–H groups in total. The highest BCUT2D eigenvalue weighted by molar-refractivity contribution is 7.84. The lowest BCUT2D eigenvalue weighted by molar-refractivity contribution is 0.168. The molecule has 0 amide bonds. The van der Waals surface area contributed by atoms with Gasteiger partial charge in [0.2, 0.25) is 0 Å². The summed E-state index contributed by atoms with van der Waals surface area (Å²) >= 11 is 0. The molecular weight excluding hydrogens is 198 g/mol. The van der Waals surface area contributed by atoms with Crippen molar-refractivity contribution in [2.45, 2.75) is 24.8 Å². The largest absolute Gasteiger partial charge is 0.409 e. The van der Waals surface area contributed by atoms with Crippen molar-refractivity contribution in [2.24, 2.45) is 0 Å². The Bertz CT molecular complexity index is 308. The fourth-order valence-corrected chi connectivity index (χ4v) is 1.40. The summed E-state index contributed by atoms with van der Waals surface area (Å²) in [5.41, 5.74) is 2.83. The topological polar surface area (TPSA) is 38.3 Å². The lowest BCUT2D eigenvalue weighted by Crippen LogP contribution is -2.26. The Morgan fingerprint density at radius 2 is 1.86 bits per heavy atom. The van der Waals surface area contributed by atoms with E-state index in [2.05, 4.69) is 5.48 Å². The zero-order chi connectivity index (χ0) is 10.6. The Balaban J connectivity index is 2.60. The van der Waals surface area contributed by atoms with Crippen molar-refractivity contribution < 1.29 is 9.05 Å². The average molecular weight is 213 g/mol. The zero-order valence-electron chi connectivity index (χ0n) is 8.61. The molecule has 4 heteroatoms. The summed E-state index contributed by atoms with van der Waals surface area (Å²) < 4.78 is 11.1. The summed E-state index contributed by atoms with van der Waals surface area (Å²) in [7, 11) is -0.926. The fourth-order valence-electron chi connectivity index (χ4n) is 0.885. The van der Waals surface area contributed by atoms with Crippen molar-refractivity contribution in [2.75, 3.05) is 6.26 Å². The maximum absolute atomic E-state index is 11.1. The van der Waals surface area contributed by atoms with E-state index in [0.717, 1.165) is 10.6 Å². The van der Waals surface area contributed by atoms with Crippen LogP contribution < -0.4 is 10.3 Å². The Morgan fingerprint density at radius 1 is 1.29 bits per heavy atom. The van der Waals surface area contributed by atoms with Crippen molar-refractivity contribution in [3.63, 3.8) is 0 Å². The SMILES string of the molecule is CC(C)NOc1ccc(S(C)=O)cc1. The summed E-state index contributed by atoms with van der Waals surface area (Å²) in [5.74, 6) is 0.730. The molecule has 14 heavy (non-hydrogen) atoms. The number of benzene rings is 1. The van der Waals surface area contributed by atoms with Gasteiger partial charge >= 0.3 is 0 Å². The number of rotatable bonds is 4. The van der Waals surface area contributed by atoms with Gasteiger partial charge in [0, 0.05) is 28.0 Å². The molecule has 1 rings (SSSR count). The summed E-state index contributed by atoms with van der Waals surface area (Å²) in [6, 6.07) is 7.47. The molecule has 0 spiro atoms. The van der Waals surface area contributed by atoms with Gasteiger partial charge in [-0.15, -0.1) is 0 Å². The number of nitrogens with one attached hydrogen (secondary N) is 1. The van der Waals surface area contributed by atoms with Gasteiger partial charge in [-0.25, -0.2) is 0 Å². The van der Waals surface area contributed by atoms with Gasteiger partial charge in [0.15, 0.2) is 0 Å². The number of hydrogen-bond donors (Lipinski definition) is 1. The van der Waals surface area contributed by atoms with Crippen molar-refractivity contribution in [3.05, 3.63) is 24.3 Å². The van der Waals surface area contributed by atoms with E-state index in [1.165, 1.54) is 0 Å². The maximum atomic E-state index is 11.1. The van der Waals surface area contributed by atoms with Crippen LogP contribution in [0, 0.1) is 0 Å². The third kappa shape index (κ3) is 3.47. The standard InChI is InChI=1S/C10H15NO2S/c1-8(2)11-13-9-4-6-10(7-5-9)14(3)12/h4-8,11H,1-3H3. The Morgan fingerprint density at radius 3 is 2.29 bits per heavy atom. The van der Waals surface area contributed by atoms with Crippen molar-refractivity contribution in [3.8, 4) is 5.75 Å². The second-order valence-electron chi connectivity index (χ2n) is 3.30. The molecule has 1 aromatic rings. The van der Waals surface area contributed by atoms with Crippen LogP contribution in [0.2, 0.25) is 0 Å². The van der Waals surface area contributed by atoms with Crippen LogP contribution in [-0.4, -0.2) is 16.5 Å². The highest BCUT2D eigenvalue weighted by atomic mass is 32.2. The molecule has 0 fully saturated rings. The molecule has 1 aromatic carbocycles. The van der Waals surface area contributed by atoms with Gasteiger partial charge in [-0.3, -0.25) is 4.21 Å². The highest BCUT2D eigenvalue weighted by Gasteiger charge is 1.99. The third-order valence-corrected chi connectivity index (χ3v) is 2.50. The molecule has 3 nitrogen and oxygen atoms in total. The van der Waals surface area contributed by atoms with Gasteiger partial charge in [-0.2, -0.15) is 5.48 Å². The summed E-state index contributed by atoms with van der Waals surface area (Å²) in [5, 5.41) is 0. The van der Waals surface area contributed by atoms with Gasteiger partial charge < -0.3 is 4.84 Å². The third-order valence-electron chi connectivity index (χ3n) is 1.57. The first-order valence-corrected chi connectivity index (χ1v) is 6.01. The van der Waals surface area contributed by atoms with Gasteiger partial charge in [-0.1, -0.05) is 0 Å². The molecule has 0 aromatic heterocycles. The molecule has 0 saturated carbocycles. The summed E-state index contributed by atoms with van der Waals surface area (Å²) in [4.78, 5) is 6.06. The van der Waals surface area contributed by atoms with E-state index in [1.54, 1.807) is 30.5 Å². The Hall–Kier alpha value is -0.870. The second kappa shape index (κ2) is 5.12. The highest BCUT2D eigenvalue weighted by Crippen LogP contribution is 2.13. The van der Waals surface area contributed by atoms with Crippen LogP contribution in [0.1, 0.15) is 13.8 Å². The van der Waals surface area contributed by atoms with Crippen LogP contribution in [0.5, 0.6) is 5.75 Å². The minimum Gasteiger partial charge on any atom is -0.409 e. The van der Waals surface area contributed by atoms with Gasteiger partial charge in [0.25, 0.3) is 0 Å². The molecule has 0 radical (unpaired) electrons. The van der Waals surface area contributed by atoms with E-state index in [9.17, 15) is 4.21 Å². The monoisotopic (exact) mass is 213 g/mol. The first-order chi connectivity index (χ1) is 6.59. The molecule has 0 aliphatic carbocycles. The van der Waals surface area contributed by atoms with Gasteiger partial charge in [-0.05, 0) is 38.1 Å². The van der Waals surface area contributed by atoms with E-state index < -0.39 is 10.8 Å². The summed E-state index contributed by atoms with van der Waals surface area (Å²) in [6.07, 6.45) is 1.65. The zero-order valence-corrected chi connectivity index (χ0v) is 9.43. The van der Waals surface area contributed by atoms with Crippen molar-refractivity contribution in [1.82, 2.24) is 5.48 Å². The number of hydroxylamine groups is 1. The Labute approximate surface area is 86.9 Å². The van der Waals surface area contributed by atoms with Gasteiger partial charge in [0.1, 0.15) is 5.75 Å². The molecular formula is C10H15NO2S. The van der Waals surface area contributed by atoms with Crippen LogP contribution in [0.15, 0.2) is 29.2 Å². The average Bonchev–Trinajstić information content (AvgIpc) is 2.15. The van der Waals surface area contributed by atoms with Crippen LogP contribution >= 0.6 is 0 Å². The van der Waals surface area contributed by atoms with E-state index in [1.807, 2.05) is 13.8 Å². The van der Waals surface area contributed by atoms with Crippen LogP contribution in [0.4, 0.5) is 0 Å². The van der Waals surface area contributed by atoms with E-state index in [-0.39, 0.29) is 6.04 Å². The van der Waals surface area contributed by atoms with Gasteiger partial charge in [0.05, 0.1) is 0 Å². The predicted molar refractivity (Wildman–Crippen MR) is 57.7 cm³/mol. The molecule has 78 valence electrons.